The van der Waals surface area contributed by atoms with Gasteiger partial charge in [0.25, 0.3) is 0 Å². The molecule has 0 aliphatic rings. The summed E-state index contributed by atoms with van der Waals surface area (Å²) < 4.78 is 12.1. The Bertz CT molecular complexity index is 672. The van der Waals surface area contributed by atoms with Gasteiger partial charge >= 0.3 is 0 Å². The Morgan fingerprint density at radius 2 is 2.00 bits per heavy atom. The van der Waals surface area contributed by atoms with E-state index in [2.05, 4.69) is 33.0 Å². The number of ether oxygens (including phenoxy) is 2. The van der Waals surface area contributed by atoms with Crippen molar-refractivity contribution in [1.82, 2.24) is 0 Å². The zero-order valence-corrected chi connectivity index (χ0v) is 14.5. The SMILES string of the molecule is C=CCOc1c(Br)cc(/C=N\Nc2ccccc2)cc1OCC. The van der Waals surface area contributed by atoms with Crippen LogP contribution in [0.1, 0.15) is 12.5 Å². The van der Waals surface area contributed by atoms with Crippen LogP contribution >= 0.6 is 15.9 Å². The number of benzene rings is 2. The van der Waals surface area contributed by atoms with E-state index in [9.17, 15) is 0 Å². The quantitative estimate of drug-likeness (QED) is 0.407. The maximum absolute atomic E-state index is 5.65. The van der Waals surface area contributed by atoms with E-state index in [1.165, 1.54) is 0 Å². The molecule has 2 aromatic rings. The number of halogens is 1. The minimum absolute atomic E-state index is 0.418. The fourth-order valence-corrected chi connectivity index (χ4v) is 2.48. The van der Waals surface area contributed by atoms with Gasteiger partial charge in [-0.05, 0) is 52.7 Å². The molecule has 0 atom stereocenters. The van der Waals surface area contributed by atoms with Gasteiger partial charge in [0, 0.05) is 0 Å². The van der Waals surface area contributed by atoms with E-state index in [1.54, 1.807) is 12.3 Å². The van der Waals surface area contributed by atoms with Gasteiger partial charge in [0.05, 0.1) is 23.0 Å². The minimum Gasteiger partial charge on any atom is -0.490 e. The second-order valence-electron chi connectivity index (χ2n) is 4.60. The van der Waals surface area contributed by atoms with E-state index >= 15 is 0 Å². The van der Waals surface area contributed by atoms with Crippen LogP contribution in [0.3, 0.4) is 0 Å². The van der Waals surface area contributed by atoms with Crippen LogP contribution in [0.4, 0.5) is 5.69 Å². The highest BCUT2D eigenvalue weighted by atomic mass is 79.9. The van der Waals surface area contributed by atoms with Gasteiger partial charge in [0.2, 0.25) is 0 Å². The topological polar surface area (TPSA) is 42.8 Å². The fraction of sp³-hybridized carbons (Fsp3) is 0.167. The van der Waals surface area contributed by atoms with E-state index in [-0.39, 0.29) is 0 Å². The van der Waals surface area contributed by atoms with Crippen LogP contribution in [0.15, 0.2) is 64.7 Å². The second-order valence-corrected chi connectivity index (χ2v) is 5.45. The highest BCUT2D eigenvalue weighted by Gasteiger charge is 2.11. The molecular formula is C18H19BrN2O2. The smallest absolute Gasteiger partial charge is 0.175 e. The second kappa shape index (κ2) is 9.00. The standard InChI is InChI=1S/C18H19BrN2O2/c1-3-10-23-18-16(19)11-14(12-17(18)22-4-2)13-20-21-15-8-6-5-7-9-15/h3,5-9,11-13,21H,1,4,10H2,2H3/b20-13-. The van der Waals surface area contributed by atoms with Gasteiger partial charge in [-0.3, -0.25) is 5.43 Å². The molecule has 0 spiro atoms. The van der Waals surface area contributed by atoms with Crippen LogP contribution in [-0.2, 0) is 0 Å². The van der Waals surface area contributed by atoms with Crippen LogP contribution in [0.2, 0.25) is 0 Å². The number of hydrogen-bond acceptors (Lipinski definition) is 4. The molecule has 0 saturated carbocycles. The van der Waals surface area contributed by atoms with Crippen LogP contribution in [0, 0.1) is 0 Å². The van der Waals surface area contributed by atoms with E-state index in [0.717, 1.165) is 15.7 Å². The van der Waals surface area contributed by atoms with Crippen molar-refractivity contribution < 1.29 is 9.47 Å². The lowest BCUT2D eigenvalue weighted by Gasteiger charge is -2.13. The van der Waals surface area contributed by atoms with Crippen LogP contribution in [0.25, 0.3) is 0 Å². The first kappa shape index (κ1) is 17.1. The predicted molar refractivity (Wildman–Crippen MR) is 98.7 cm³/mol. The van der Waals surface area contributed by atoms with Crippen molar-refractivity contribution in [2.75, 3.05) is 18.6 Å². The van der Waals surface area contributed by atoms with Crippen molar-refractivity contribution >= 4 is 27.8 Å². The summed E-state index contributed by atoms with van der Waals surface area (Å²) in [5.74, 6) is 1.34. The Balaban J connectivity index is 2.17. The molecule has 23 heavy (non-hydrogen) atoms. The Kier molecular flexibility index (Phi) is 6.69. The summed E-state index contributed by atoms with van der Waals surface area (Å²) in [4.78, 5) is 0. The lowest BCUT2D eigenvalue weighted by atomic mass is 10.2. The zero-order valence-electron chi connectivity index (χ0n) is 13.0. The normalized spacial score (nSPS) is 10.5. The zero-order chi connectivity index (χ0) is 16.5. The van der Waals surface area contributed by atoms with E-state index in [1.807, 2.05) is 49.4 Å². The lowest BCUT2D eigenvalue weighted by Crippen LogP contribution is -2.01. The third kappa shape index (κ3) is 5.14. The molecule has 0 bridgehead atoms. The molecule has 0 saturated heterocycles. The van der Waals surface area contributed by atoms with Gasteiger partial charge in [-0.2, -0.15) is 5.10 Å². The van der Waals surface area contributed by atoms with Crippen molar-refractivity contribution in [3.8, 4) is 11.5 Å². The number of hydrogen-bond donors (Lipinski definition) is 1. The van der Waals surface area contributed by atoms with Gasteiger partial charge in [-0.15, -0.1) is 0 Å². The molecular weight excluding hydrogens is 356 g/mol. The molecule has 0 aliphatic heterocycles. The predicted octanol–water partition coefficient (Wildman–Crippen LogP) is 4.86. The average Bonchev–Trinajstić information content (AvgIpc) is 2.55. The molecule has 120 valence electrons. The summed E-state index contributed by atoms with van der Waals surface area (Å²) in [7, 11) is 0. The maximum Gasteiger partial charge on any atom is 0.175 e. The first-order valence-electron chi connectivity index (χ1n) is 7.28. The summed E-state index contributed by atoms with van der Waals surface area (Å²) >= 11 is 3.51. The van der Waals surface area contributed by atoms with Gasteiger partial charge in [0.15, 0.2) is 11.5 Å². The van der Waals surface area contributed by atoms with Crippen molar-refractivity contribution in [2.45, 2.75) is 6.92 Å². The van der Waals surface area contributed by atoms with Crippen LogP contribution in [-0.4, -0.2) is 19.4 Å². The number of para-hydroxylation sites is 1. The number of rotatable bonds is 8. The Hall–Kier alpha value is -2.27. The monoisotopic (exact) mass is 374 g/mol. The fourth-order valence-electron chi connectivity index (χ4n) is 1.90. The van der Waals surface area contributed by atoms with Crippen molar-refractivity contribution in [2.24, 2.45) is 5.10 Å². The van der Waals surface area contributed by atoms with E-state index in [0.29, 0.717) is 24.7 Å². The average molecular weight is 375 g/mol. The molecule has 2 rings (SSSR count). The third-order valence-corrected chi connectivity index (χ3v) is 3.45. The van der Waals surface area contributed by atoms with Gasteiger partial charge in [-0.1, -0.05) is 30.9 Å². The molecule has 0 heterocycles. The number of hydrazone groups is 1. The highest BCUT2D eigenvalue weighted by molar-refractivity contribution is 9.10. The van der Waals surface area contributed by atoms with E-state index < -0.39 is 0 Å². The summed E-state index contributed by atoms with van der Waals surface area (Å²) in [5.41, 5.74) is 4.81. The first-order chi connectivity index (χ1) is 11.2. The van der Waals surface area contributed by atoms with Gasteiger partial charge < -0.3 is 9.47 Å². The molecule has 4 nitrogen and oxygen atoms in total. The molecule has 5 heteroatoms. The Morgan fingerprint density at radius 1 is 1.22 bits per heavy atom. The van der Waals surface area contributed by atoms with Crippen LogP contribution in [0.5, 0.6) is 11.5 Å². The summed E-state index contributed by atoms with van der Waals surface area (Å²) in [5, 5.41) is 4.24. The molecule has 2 aromatic carbocycles. The summed E-state index contributed by atoms with van der Waals surface area (Å²) in [6.45, 7) is 6.56. The number of nitrogens with one attached hydrogen (secondary N) is 1. The first-order valence-corrected chi connectivity index (χ1v) is 8.08. The summed E-state index contributed by atoms with van der Waals surface area (Å²) in [6.07, 6.45) is 3.43. The van der Waals surface area contributed by atoms with Crippen LogP contribution < -0.4 is 14.9 Å². The Labute approximate surface area is 144 Å². The van der Waals surface area contributed by atoms with Gasteiger partial charge in [0.1, 0.15) is 6.61 Å². The number of anilines is 1. The molecule has 1 N–H and O–H groups in total. The summed E-state index contributed by atoms with van der Waals surface area (Å²) in [6, 6.07) is 13.6. The minimum atomic E-state index is 0.418. The third-order valence-electron chi connectivity index (χ3n) is 2.86. The molecule has 0 amide bonds. The van der Waals surface area contributed by atoms with Crippen molar-refractivity contribution in [1.29, 1.82) is 0 Å². The molecule has 0 aromatic heterocycles. The molecule has 0 radical (unpaired) electrons. The van der Waals surface area contributed by atoms with Crippen molar-refractivity contribution in [3.05, 3.63) is 65.2 Å². The largest absolute Gasteiger partial charge is 0.490 e. The molecule has 0 unspecified atom stereocenters. The highest BCUT2D eigenvalue weighted by Crippen LogP contribution is 2.36. The molecule has 0 aliphatic carbocycles. The molecule has 0 fully saturated rings. The van der Waals surface area contributed by atoms with E-state index in [4.69, 9.17) is 9.47 Å². The van der Waals surface area contributed by atoms with Gasteiger partial charge in [-0.25, -0.2) is 0 Å². The lowest BCUT2D eigenvalue weighted by molar-refractivity contribution is 0.295. The maximum atomic E-state index is 5.65. The Morgan fingerprint density at radius 3 is 2.70 bits per heavy atom. The van der Waals surface area contributed by atoms with Crippen molar-refractivity contribution in [3.63, 3.8) is 0 Å². The number of nitrogens with zero attached hydrogens (tertiary/aromatic N) is 1.